The van der Waals surface area contributed by atoms with Gasteiger partial charge in [0.05, 0.1) is 10.3 Å². The number of benzene rings is 2. The summed E-state index contributed by atoms with van der Waals surface area (Å²) in [5, 5.41) is 22.4. The number of likely N-dealkylation sites (N-methyl/N-ethyl adjacent to an activating group) is 1. The van der Waals surface area contributed by atoms with Gasteiger partial charge in [-0.3, -0.25) is 10.1 Å². The molecule has 0 radical (unpaired) electrons. The third-order valence-corrected chi connectivity index (χ3v) is 4.45. The molecule has 0 saturated carbocycles. The van der Waals surface area contributed by atoms with Crippen LogP contribution in [0.2, 0.25) is 0 Å². The molecular weight excluding hydrogens is 292 g/mol. The van der Waals surface area contributed by atoms with Crippen LogP contribution >= 0.6 is 11.6 Å². The number of rotatable bonds is 2. The molecule has 2 aromatic rings. The number of anilines is 1. The summed E-state index contributed by atoms with van der Waals surface area (Å²) in [6.45, 7) is 2.58. The van der Waals surface area contributed by atoms with Crippen LogP contribution in [-0.2, 0) is 0 Å². The second-order valence-corrected chi connectivity index (χ2v) is 6.14. The van der Waals surface area contributed by atoms with Gasteiger partial charge in [-0.15, -0.1) is 11.6 Å². The number of hydrogen-bond acceptors (Lipinski definition) is 4. The van der Waals surface area contributed by atoms with Crippen molar-refractivity contribution in [1.82, 2.24) is 0 Å². The molecule has 0 aromatic heterocycles. The average molecular weight is 307 g/mol. The number of alkyl halides is 1. The van der Waals surface area contributed by atoms with E-state index in [9.17, 15) is 15.2 Å². The third kappa shape index (κ3) is 2.00. The maximum Gasteiger partial charge on any atom is 0.277 e. The predicted molar refractivity (Wildman–Crippen MR) is 83.6 cm³/mol. The standard InChI is InChI=1S/C15H15ClN2O3/c1-8(16)10-7-17(2)12-6-13(19)9-4-3-5-11(18(20)21)14(9)15(10)12/h3-6,8,10,19H,7H2,1-2H3/t8-,10+/m1/s1. The maximum absolute atomic E-state index is 11.4. The summed E-state index contributed by atoms with van der Waals surface area (Å²) >= 11 is 6.29. The summed E-state index contributed by atoms with van der Waals surface area (Å²) < 4.78 is 0. The average Bonchev–Trinajstić information content (AvgIpc) is 2.76. The van der Waals surface area contributed by atoms with E-state index in [1.807, 2.05) is 18.9 Å². The van der Waals surface area contributed by atoms with Gasteiger partial charge in [-0.25, -0.2) is 0 Å². The van der Waals surface area contributed by atoms with Gasteiger partial charge >= 0.3 is 0 Å². The minimum atomic E-state index is -0.406. The number of non-ortho nitro benzene ring substituents is 1. The molecule has 1 N–H and O–H groups in total. The Kier molecular flexibility index (Phi) is 3.17. The van der Waals surface area contributed by atoms with Crippen molar-refractivity contribution in [2.45, 2.75) is 18.2 Å². The number of hydrogen-bond donors (Lipinski definition) is 1. The van der Waals surface area contributed by atoms with Gasteiger partial charge in [-0.2, -0.15) is 0 Å². The van der Waals surface area contributed by atoms with Gasteiger partial charge in [0.1, 0.15) is 5.75 Å². The molecular formula is C15H15ClN2O3. The highest BCUT2D eigenvalue weighted by Gasteiger charge is 2.35. The van der Waals surface area contributed by atoms with Gasteiger partial charge in [0.25, 0.3) is 5.69 Å². The molecule has 0 saturated heterocycles. The first-order chi connectivity index (χ1) is 9.91. The van der Waals surface area contributed by atoms with Crippen LogP contribution < -0.4 is 4.90 Å². The Hall–Kier alpha value is -2.01. The highest BCUT2D eigenvalue weighted by atomic mass is 35.5. The zero-order valence-electron chi connectivity index (χ0n) is 11.7. The molecule has 0 spiro atoms. The van der Waals surface area contributed by atoms with E-state index in [0.717, 1.165) is 11.3 Å². The minimum absolute atomic E-state index is 0.00383. The van der Waals surface area contributed by atoms with Crippen molar-refractivity contribution in [1.29, 1.82) is 0 Å². The summed E-state index contributed by atoms with van der Waals surface area (Å²) in [4.78, 5) is 12.9. The van der Waals surface area contributed by atoms with Crippen LogP contribution in [-0.4, -0.2) is 29.0 Å². The molecule has 2 aromatic carbocycles. The summed E-state index contributed by atoms with van der Waals surface area (Å²) in [7, 11) is 1.90. The number of nitrogens with zero attached hydrogens (tertiary/aromatic N) is 2. The van der Waals surface area contributed by atoms with Crippen LogP contribution in [0.5, 0.6) is 5.75 Å². The van der Waals surface area contributed by atoms with Gasteiger partial charge in [-0.05, 0) is 12.5 Å². The topological polar surface area (TPSA) is 66.6 Å². The smallest absolute Gasteiger partial charge is 0.277 e. The fourth-order valence-corrected chi connectivity index (χ4v) is 3.36. The van der Waals surface area contributed by atoms with Crippen molar-refractivity contribution >= 4 is 33.7 Å². The lowest BCUT2D eigenvalue weighted by molar-refractivity contribution is -0.383. The number of phenolic OH excluding ortho intramolecular Hbond substituents is 1. The minimum Gasteiger partial charge on any atom is -0.507 e. The fraction of sp³-hybridized carbons (Fsp3) is 0.333. The van der Waals surface area contributed by atoms with E-state index in [2.05, 4.69) is 0 Å². The lowest BCUT2D eigenvalue weighted by atomic mass is 9.91. The molecule has 0 unspecified atom stereocenters. The number of phenols is 1. The summed E-state index contributed by atoms with van der Waals surface area (Å²) in [5.74, 6) is 0.0537. The van der Waals surface area contributed by atoms with Crippen LogP contribution in [0, 0.1) is 10.1 Å². The van der Waals surface area contributed by atoms with Crippen LogP contribution in [0.3, 0.4) is 0 Å². The largest absolute Gasteiger partial charge is 0.507 e. The second-order valence-electron chi connectivity index (χ2n) is 5.45. The predicted octanol–water partition coefficient (Wildman–Crippen LogP) is 3.61. The fourth-order valence-electron chi connectivity index (χ4n) is 3.15. The van der Waals surface area contributed by atoms with Crippen molar-refractivity contribution < 1.29 is 10.0 Å². The number of aromatic hydroxyl groups is 1. The molecule has 0 fully saturated rings. The zero-order valence-corrected chi connectivity index (χ0v) is 12.5. The molecule has 21 heavy (non-hydrogen) atoms. The van der Waals surface area contributed by atoms with Crippen LogP contribution in [0.25, 0.3) is 10.8 Å². The van der Waals surface area contributed by atoms with E-state index in [0.29, 0.717) is 17.3 Å². The summed E-state index contributed by atoms with van der Waals surface area (Å²) in [5.41, 5.74) is 1.68. The molecule has 3 rings (SSSR count). The Balaban J connectivity index is 2.46. The Morgan fingerprint density at radius 2 is 2.24 bits per heavy atom. The number of halogens is 1. The molecule has 2 atom stereocenters. The SMILES string of the molecule is C[C@@H](Cl)[C@@H]1CN(C)c2cc(O)c3cccc([N+](=O)[O-])c3c21. The molecule has 0 amide bonds. The van der Waals surface area contributed by atoms with Crippen LogP contribution in [0.4, 0.5) is 11.4 Å². The van der Waals surface area contributed by atoms with Crippen molar-refractivity contribution in [2.75, 3.05) is 18.5 Å². The first-order valence-corrected chi connectivity index (χ1v) is 7.13. The van der Waals surface area contributed by atoms with E-state index < -0.39 is 4.92 Å². The molecule has 1 aliphatic heterocycles. The number of nitro groups is 1. The molecule has 5 nitrogen and oxygen atoms in total. The lowest BCUT2D eigenvalue weighted by Crippen LogP contribution is -2.19. The van der Waals surface area contributed by atoms with Gasteiger partial charge in [0.2, 0.25) is 0 Å². The van der Waals surface area contributed by atoms with E-state index in [1.165, 1.54) is 6.07 Å². The van der Waals surface area contributed by atoms with Gasteiger partial charge in [0.15, 0.2) is 0 Å². The highest BCUT2D eigenvalue weighted by molar-refractivity contribution is 6.21. The number of fused-ring (bicyclic) bond motifs is 3. The Bertz CT molecular complexity index is 745. The van der Waals surface area contributed by atoms with E-state index in [1.54, 1.807) is 18.2 Å². The van der Waals surface area contributed by atoms with E-state index >= 15 is 0 Å². The summed E-state index contributed by atoms with van der Waals surface area (Å²) in [6, 6.07) is 6.42. The monoisotopic (exact) mass is 306 g/mol. The molecule has 0 bridgehead atoms. The molecule has 6 heteroatoms. The molecule has 110 valence electrons. The first kappa shape index (κ1) is 13.9. The molecule has 0 aliphatic carbocycles. The number of nitro benzene ring substituents is 1. The Morgan fingerprint density at radius 1 is 1.52 bits per heavy atom. The van der Waals surface area contributed by atoms with E-state index in [-0.39, 0.29) is 22.7 Å². The second kappa shape index (κ2) is 4.77. The van der Waals surface area contributed by atoms with Crippen LogP contribution in [0.1, 0.15) is 18.4 Å². The van der Waals surface area contributed by atoms with Crippen molar-refractivity contribution in [3.8, 4) is 5.75 Å². The zero-order chi connectivity index (χ0) is 15.3. The van der Waals surface area contributed by atoms with Gasteiger partial charge < -0.3 is 10.0 Å². The quantitative estimate of drug-likeness (QED) is 0.523. The van der Waals surface area contributed by atoms with Crippen molar-refractivity contribution in [2.24, 2.45) is 0 Å². The summed E-state index contributed by atoms with van der Waals surface area (Å²) in [6.07, 6.45) is 0. The highest BCUT2D eigenvalue weighted by Crippen LogP contribution is 2.48. The normalized spacial score (nSPS) is 18.8. The van der Waals surface area contributed by atoms with Crippen molar-refractivity contribution in [3.05, 3.63) is 39.9 Å². The van der Waals surface area contributed by atoms with Gasteiger partial charge in [0, 0.05) is 48.1 Å². The Labute approximate surface area is 126 Å². The van der Waals surface area contributed by atoms with E-state index in [4.69, 9.17) is 11.6 Å². The third-order valence-electron chi connectivity index (χ3n) is 4.14. The molecule has 1 aliphatic rings. The van der Waals surface area contributed by atoms with Crippen LogP contribution in [0.15, 0.2) is 24.3 Å². The van der Waals surface area contributed by atoms with Gasteiger partial charge in [-0.1, -0.05) is 12.1 Å². The first-order valence-electron chi connectivity index (χ1n) is 6.70. The maximum atomic E-state index is 11.4. The molecule has 1 heterocycles. The van der Waals surface area contributed by atoms with Crippen molar-refractivity contribution in [3.63, 3.8) is 0 Å². The Morgan fingerprint density at radius 3 is 2.86 bits per heavy atom. The lowest BCUT2D eigenvalue weighted by Gasteiger charge is -2.15.